The summed E-state index contributed by atoms with van der Waals surface area (Å²) in [5.74, 6) is 0.380. The average Bonchev–Trinajstić information content (AvgIpc) is 2.84. The first kappa shape index (κ1) is 13.0. The Morgan fingerprint density at radius 3 is 2.90 bits per heavy atom. The molecule has 102 valence electrons. The molecule has 0 amide bonds. The maximum atomic E-state index is 12.4. The molecular weight excluding hydrogens is 270 g/mol. The fourth-order valence-corrected chi connectivity index (χ4v) is 3.18. The van der Waals surface area contributed by atoms with Crippen molar-refractivity contribution in [2.75, 3.05) is 0 Å². The monoisotopic (exact) mass is 285 g/mol. The number of imidazole rings is 1. The van der Waals surface area contributed by atoms with Crippen LogP contribution in [0.15, 0.2) is 41.7 Å². The molecule has 3 rings (SSSR count). The zero-order valence-electron chi connectivity index (χ0n) is 11.4. The highest BCUT2D eigenvalue weighted by Crippen LogP contribution is 2.17. The Kier molecular flexibility index (Phi) is 3.36. The molecule has 0 saturated carbocycles. The number of nitrogens with one attached hydrogen (secondary N) is 1. The summed E-state index contributed by atoms with van der Waals surface area (Å²) in [6.45, 7) is 4.00. The highest BCUT2D eigenvalue weighted by molar-refractivity contribution is 7.84. The van der Waals surface area contributed by atoms with E-state index in [1.165, 1.54) is 0 Å². The van der Waals surface area contributed by atoms with Gasteiger partial charge in [0.05, 0.1) is 33.3 Å². The number of hydrogen-bond donors (Lipinski definition) is 1. The molecule has 0 aliphatic rings. The van der Waals surface area contributed by atoms with E-state index in [0.717, 1.165) is 27.9 Å². The number of fused-ring (bicyclic) bond motifs is 1. The van der Waals surface area contributed by atoms with E-state index in [4.69, 9.17) is 0 Å². The van der Waals surface area contributed by atoms with Crippen molar-refractivity contribution < 1.29 is 4.21 Å². The van der Waals surface area contributed by atoms with E-state index in [0.29, 0.717) is 10.9 Å². The van der Waals surface area contributed by atoms with Gasteiger partial charge >= 0.3 is 0 Å². The van der Waals surface area contributed by atoms with Crippen LogP contribution in [0.3, 0.4) is 0 Å². The van der Waals surface area contributed by atoms with Gasteiger partial charge in [0.25, 0.3) is 0 Å². The van der Waals surface area contributed by atoms with Crippen molar-refractivity contribution in [3.05, 3.63) is 53.3 Å². The molecule has 0 radical (unpaired) electrons. The molecule has 1 aromatic carbocycles. The summed E-state index contributed by atoms with van der Waals surface area (Å²) in [5, 5.41) is 0.510. The number of benzene rings is 1. The lowest BCUT2D eigenvalue weighted by atomic mass is 10.2. The van der Waals surface area contributed by atoms with Crippen LogP contribution in [-0.2, 0) is 16.6 Å². The van der Waals surface area contributed by atoms with Gasteiger partial charge in [0.15, 0.2) is 5.16 Å². The molecule has 4 nitrogen and oxygen atoms in total. The summed E-state index contributed by atoms with van der Waals surface area (Å²) >= 11 is 0. The minimum atomic E-state index is -1.21. The van der Waals surface area contributed by atoms with E-state index in [1.54, 1.807) is 6.20 Å². The van der Waals surface area contributed by atoms with Crippen LogP contribution in [0.1, 0.15) is 16.8 Å². The highest BCUT2D eigenvalue weighted by Gasteiger charge is 2.12. The third-order valence-electron chi connectivity index (χ3n) is 3.22. The second-order valence-electron chi connectivity index (χ2n) is 4.82. The summed E-state index contributed by atoms with van der Waals surface area (Å²) < 4.78 is 12.4. The molecule has 1 unspecified atom stereocenters. The number of hydrogen-bond acceptors (Lipinski definition) is 3. The van der Waals surface area contributed by atoms with Crippen LogP contribution in [0.4, 0.5) is 0 Å². The van der Waals surface area contributed by atoms with E-state index in [-0.39, 0.29) is 0 Å². The maximum Gasteiger partial charge on any atom is 0.197 e. The predicted molar refractivity (Wildman–Crippen MR) is 79.9 cm³/mol. The number of aromatic nitrogens is 3. The summed E-state index contributed by atoms with van der Waals surface area (Å²) in [4.78, 5) is 11.8. The van der Waals surface area contributed by atoms with E-state index >= 15 is 0 Å². The van der Waals surface area contributed by atoms with Crippen LogP contribution in [0.25, 0.3) is 11.0 Å². The topological polar surface area (TPSA) is 58.6 Å². The molecule has 0 spiro atoms. The third kappa shape index (κ3) is 2.49. The standard InChI is InChI=1S/C15H15N3OS/c1-10-5-6-12-13(8-10)18-15(17-12)20(19)9-14-11(2)4-3-7-16-14/h3-8H,9H2,1-2H3,(H,17,18). The Labute approximate surface area is 119 Å². The van der Waals surface area contributed by atoms with Gasteiger partial charge in [-0.05, 0) is 43.2 Å². The van der Waals surface area contributed by atoms with Crippen molar-refractivity contribution in [2.24, 2.45) is 0 Å². The van der Waals surface area contributed by atoms with E-state index < -0.39 is 10.8 Å². The number of nitrogens with zero attached hydrogens (tertiary/aromatic N) is 2. The Morgan fingerprint density at radius 2 is 2.10 bits per heavy atom. The molecule has 2 aromatic heterocycles. The second-order valence-corrected chi connectivity index (χ2v) is 6.19. The second kappa shape index (κ2) is 5.17. The molecule has 0 saturated heterocycles. The zero-order valence-corrected chi connectivity index (χ0v) is 12.2. The van der Waals surface area contributed by atoms with Gasteiger partial charge in [-0.15, -0.1) is 0 Å². The quantitative estimate of drug-likeness (QED) is 0.805. The van der Waals surface area contributed by atoms with Gasteiger partial charge in [-0.25, -0.2) is 4.98 Å². The molecule has 20 heavy (non-hydrogen) atoms. The highest BCUT2D eigenvalue weighted by atomic mass is 32.2. The van der Waals surface area contributed by atoms with Crippen molar-refractivity contribution in [1.29, 1.82) is 0 Å². The van der Waals surface area contributed by atoms with Crippen molar-refractivity contribution in [3.63, 3.8) is 0 Å². The van der Waals surface area contributed by atoms with E-state index in [9.17, 15) is 4.21 Å². The van der Waals surface area contributed by atoms with Gasteiger partial charge < -0.3 is 4.98 Å². The van der Waals surface area contributed by atoms with Crippen molar-refractivity contribution in [3.8, 4) is 0 Å². The lowest BCUT2D eigenvalue weighted by Crippen LogP contribution is -2.02. The molecule has 1 atom stereocenters. The van der Waals surface area contributed by atoms with Crippen LogP contribution in [0, 0.1) is 13.8 Å². The van der Waals surface area contributed by atoms with Gasteiger partial charge in [0.1, 0.15) is 0 Å². The molecule has 3 aromatic rings. The molecular formula is C15H15N3OS. The Hall–Kier alpha value is -2.01. The summed E-state index contributed by atoms with van der Waals surface area (Å²) in [7, 11) is -1.21. The van der Waals surface area contributed by atoms with Gasteiger partial charge in [-0.3, -0.25) is 9.19 Å². The van der Waals surface area contributed by atoms with Crippen LogP contribution in [-0.4, -0.2) is 19.2 Å². The Morgan fingerprint density at radius 1 is 1.25 bits per heavy atom. The van der Waals surface area contributed by atoms with Crippen LogP contribution >= 0.6 is 0 Å². The van der Waals surface area contributed by atoms with Crippen molar-refractivity contribution in [1.82, 2.24) is 15.0 Å². The first-order chi connectivity index (χ1) is 9.63. The lowest BCUT2D eigenvalue weighted by Gasteiger charge is -2.02. The molecule has 2 heterocycles. The summed E-state index contributed by atoms with van der Waals surface area (Å²) in [6, 6.07) is 9.80. The predicted octanol–water partition coefficient (Wildman–Crippen LogP) is 2.88. The molecule has 5 heteroatoms. The molecule has 0 fully saturated rings. The molecule has 0 aliphatic carbocycles. The maximum absolute atomic E-state index is 12.4. The van der Waals surface area contributed by atoms with Gasteiger partial charge in [-0.2, -0.15) is 0 Å². The van der Waals surface area contributed by atoms with Crippen molar-refractivity contribution >= 4 is 21.8 Å². The van der Waals surface area contributed by atoms with Crippen molar-refractivity contribution in [2.45, 2.75) is 24.8 Å². The number of pyridine rings is 1. The SMILES string of the molecule is Cc1ccc2nc(S(=O)Cc3ncccc3C)[nH]c2c1. The van der Waals surface area contributed by atoms with Gasteiger partial charge in [0, 0.05) is 6.20 Å². The van der Waals surface area contributed by atoms with Crippen LogP contribution < -0.4 is 0 Å². The lowest BCUT2D eigenvalue weighted by molar-refractivity contribution is 0.676. The van der Waals surface area contributed by atoms with Crippen LogP contribution in [0.2, 0.25) is 0 Å². The average molecular weight is 285 g/mol. The number of aromatic amines is 1. The minimum Gasteiger partial charge on any atom is -0.331 e. The summed E-state index contributed by atoms with van der Waals surface area (Å²) in [6.07, 6.45) is 1.72. The van der Waals surface area contributed by atoms with E-state index in [1.807, 2.05) is 44.2 Å². The van der Waals surface area contributed by atoms with Crippen LogP contribution in [0.5, 0.6) is 0 Å². The fraction of sp³-hybridized carbons (Fsp3) is 0.200. The largest absolute Gasteiger partial charge is 0.331 e. The molecule has 0 aliphatic heterocycles. The molecule has 1 N–H and O–H groups in total. The molecule has 0 bridgehead atoms. The Balaban J connectivity index is 1.91. The first-order valence-corrected chi connectivity index (χ1v) is 7.70. The minimum absolute atomic E-state index is 0.380. The normalized spacial score (nSPS) is 12.7. The fourth-order valence-electron chi connectivity index (χ4n) is 2.07. The summed E-state index contributed by atoms with van der Waals surface area (Å²) in [5.41, 5.74) is 4.82. The van der Waals surface area contributed by atoms with E-state index in [2.05, 4.69) is 15.0 Å². The van der Waals surface area contributed by atoms with Gasteiger partial charge in [0.2, 0.25) is 0 Å². The van der Waals surface area contributed by atoms with Gasteiger partial charge in [-0.1, -0.05) is 12.1 Å². The number of H-pyrrole nitrogens is 1. The number of rotatable bonds is 3. The smallest absolute Gasteiger partial charge is 0.197 e. The third-order valence-corrected chi connectivity index (χ3v) is 4.38. The Bertz CT molecular complexity index is 795. The number of aryl methyl sites for hydroxylation is 2. The zero-order chi connectivity index (χ0) is 14.1. The first-order valence-electron chi connectivity index (χ1n) is 6.39.